The summed E-state index contributed by atoms with van der Waals surface area (Å²) in [5.74, 6) is 0.796. The molecule has 0 aliphatic heterocycles. The summed E-state index contributed by atoms with van der Waals surface area (Å²) >= 11 is 0. The van der Waals surface area contributed by atoms with E-state index < -0.39 is 0 Å². The molecule has 110 valence electrons. The highest BCUT2D eigenvalue weighted by Crippen LogP contribution is 2.35. The zero-order chi connectivity index (χ0) is 14.6. The van der Waals surface area contributed by atoms with Gasteiger partial charge in [-0.1, -0.05) is 6.92 Å². The molecule has 0 aromatic carbocycles. The Hall–Kier alpha value is -1.07. The number of methoxy groups -OCH3 is 2. The number of aromatic nitrogens is 2. The molecule has 0 saturated heterocycles. The van der Waals surface area contributed by atoms with Gasteiger partial charge in [0.15, 0.2) is 5.75 Å². The third-order valence-electron chi connectivity index (χ3n) is 3.41. The minimum atomic E-state index is -0.351. The molecule has 1 atom stereocenters. The predicted molar refractivity (Wildman–Crippen MR) is 76.7 cm³/mol. The van der Waals surface area contributed by atoms with Crippen LogP contribution in [-0.4, -0.2) is 36.1 Å². The van der Waals surface area contributed by atoms with Gasteiger partial charge in [0.25, 0.3) is 0 Å². The van der Waals surface area contributed by atoms with E-state index in [9.17, 15) is 0 Å². The lowest BCUT2D eigenvalue weighted by molar-refractivity contribution is -0.0139. The first-order valence-electron chi connectivity index (χ1n) is 6.78. The van der Waals surface area contributed by atoms with E-state index in [0.717, 1.165) is 18.0 Å². The van der Waals surface area contributed by atoms with E-state index in [-0.39, 0.29) is 17.7 Å². The minimum absolute atomic E-state index is 0.0161. The average Bonchev–Trinajstić information content (AvgIpc) is 2.79. The van der Waals surface area contributed by atoms with E-state index in [0.29, 0.717) is 0 Å². The summed E-state index contributed by atoms with van der Waals surface area (Å²) in [5.41, 5.74) is 0.682. The van der Waals surface area contributed by atoms with Crippen LogP contribution in [0.5, 0.6) is 5.75 Å². The van der Waals surface area contributed by atoms with Gasteiger partial charge in [0.1, 0.15) is 5.69 Å². The second-order valence-electron chi connectivity index (χ2n) is 5.43. The molecule has 19 heavy (non-hydrogen) atoms. The maximum absolute atomic E-state index is 5.65. The van der Waals surface area contributed by atoms with Gasteiger partial charge in [-0.15, -0.1) is 0 Å². The molecule has 0 aliphatic rings. The van der Waals surface area contributed by atoms with Crippen molar-refractivity contribution in [2.45, 2.75) is 52.3 Å². The van der Waals surface area contributed by atoms with E-state index in [1.54, 1.807) is 20.4 Å². The molecule has 0 amide bonds. The highest BCUT2D eigenvalue weighted by atomic mass is 16.5. The summed E-state index contributed by atoms with van der Waals surface area (Å²) < 4.78 is 13.1. The molecule has 1 rings (SSSR count). The minimum Gasteiger partial charge on any atom is -0.493 e. The van der Waals surface area contributed by atoms with Gasteiger partial charge in [0, 0.05) is 13.2 Å². The van der Waals surface area contributed by atoms with Crippen LogP contribution in [0.3, 0.4) is 0 Å². The van der Waals surface area contributed by atoms with Gasteiger partial charge in [-0.05, 0) is 34.2 Å². The molecule has 0 radical (unpaired) electrons. The van der Waals surface area contributed by atoms with Crippen LogP contribution >= 0.6 is 0 Å². The molecule has 0 fully saturated rings. The molecule has 5 nitrogen and oxygen atoms in total. The highest BCUT2D eigenvalue weighted by molar-refractivity contribution is 5.30. The third-order valence-corrected chi connectivity index (χ3v) is 3.41. The van der Waals surface area contributed by atoms with Gasteiger partial charge in [-0.25, -0.2) is 0 Å². The summed E-state index contributed by atoms with van der Waals surface area (Å²) in [6.45, 7) is 11.3. The Morgan fingerprint density at radius 3 is 2.42 bits per heavy atom. The lowest BCUT2D eigenvalue weighted by atomic mass is 9.94. The van der Waals surface area contributed by atoms with Crippen molar-refractivity contribution in [1.82, 2.24) is 15.1 Å². The van der Waals surface area contributed by atoms with Gasteiger partial charge in [0.2, 0.25) is 0 Å². The quantitative estimate of drug-likeness (QED) is 0.826. The summed E-state index contributed by atoms with van der Waals surface area (Å²) in [7, 11) is 3.40. The topological polar surface area (TPSA) is 48.3 Å². The Morgan fingerprint density at radius 2 is 2.00 bits per heavy atom. The van der Waals surface area contributed by atoms with E-state index in [1.807, 2.05) is 4.68 Å². The Kier molecular flexibility index (Phi) is 5.38. The lowest BCUT2D eigenvalue weighted by Gasteiger charge is -2.34. The Balaban J connectivity index is 3.32. The van der Waals surface area contributed by atoms with Crippen molar-refractivity contribution >= 4 is 0 Å². The number of hydrogen-bond donors (Lipinski definition) is 1. The van der Waals surface area contributed by atoms with Crippen molar-refractivity contribution in [2.24, 2.45) is 0 Å². The molecule has 1 unspecified atom stereocenters. The van der Waals surface area contributed by atoms with Crippen molar-refractivity contribution in [3.8, 4) is 5.75 Å². The van der Waals surface area contributed by atoms with Crippen LogP contribution in [0.25, 0.3) is 0 Å². The SMILES string of the molecule is CCNC(c1c(OC)cnn1C(C)C)C(C)(C)OC. The first-order chi connectivity index (χ1) is 8.88. The van der Waals surface area contributed by atoms with E-state index in [2.05, 4.69) is 45.0 Å². The van der Waals surface area contributed by atoms with Gasteiger partial charge in [-0.2, -0.15) is 5.10 Å². The molecule has 0 aliphatic carbocycles. The second kappa shape index (κ2) is 6.39. The maximum atomic E-state index is 5.65. The maximum Gasteiger partial charge on any atom is 0.161 e. The van der Waals surface area contributed by atoms with Crippen LogP contribution < -0.4 is 10.1 Å². The van der Waals surface area contributed by atoms with Crippen LogP contribution in [0.15, 0.2) is 6.20 Å². The summed E-state index contributed by atoms with van der Waals surface area (Å²) in [6, 6.07) is 0.287. The van der Waals surface area contributed by atoms with Gasteiger partial charge >= 0.3 is 0 Å². The van der Waals surface area contributed by atoms with E-state index >= 15 is 0 Å². The van der Waals surface area contributed by atoms with Crippen molar-refractivity contribution in [3.63, 3.8) is 0 Å². The Bertz CT molecular complexity index is 399. The Morgan fingerprint density at radius 1 is 1.37 bits per heavy atom. The summed E-state index contributed by atoms with van der Waals surface area (Å²) in [5, 5.41) is 7.91. The van der Waals surface area contributed by atoms with E-state index in [1.165, 1.54) is 0 Å². The zero-order valence-corrected chi connectivity index (χ0v) is 13.2. The van der Waals surface area contributed by atoms with Gasteiger partial charge in [0.05, 0.1) is 24.9 Å². The fraction of sp³-hybridized carbons (Fsp3) is 0.786. The van der Waals surface area contributed by atoms with Crippen molar-refractivity contribution in [2.75, 3.05) is 20.8 Å². The molecule has 1 aromatic heterocycles. The van der Waals surface area contributed by atoms with Crippen molar-refractivity contribution in [1.29, 1.82) is 0 Å². The molecule has 0 bridgehead atoms. The second-order valence-corrected chi connectivity index (χ2v) is 5.43. The number of likely N-dealkylation sites (N-methyl/N-ethyl adjacent to an activating group) is 1. The van der Waals surface area contributed by atoms with Crippen LogP contribution in [0, 0.1) is 0 Å². The lowest BCUT2D eigenvalue weighted by Crippen LogP contribution is -2.42. The fourth-order valence-electron chi connectivity index (χ4n) is 2.19. The number of nitrogens with zero attached hydrogens (tertiary/aromatic N) is 2. The average molecular weight is 269 g/mol. The molecular weight excluding hydrogens is 242 g/mol. The monoisotopic (exact) mass is 269 g/mol. The van der Waals surface area contributed by atoms with Gasteiger partial charge < -0.3 is 14.8 Å². The molecule has 1 aromatic rings. The van der Waals surface area contributed by atoms with Crippen LogP contribution in [0.4, 0.5) is 0 Å². The standard InChI is InChI=1S/C14H27N3O2/c1-8-15-13(14(4,5)19-7)12-11(18-6)9-16-17(12)10(2)3/h9-10,13,15H,8H2,1-7H3. The van der Waals surface area contributed by atoms with Gasteiger partial charge in [-0.3, -0.25) is 4.68 Å². The molecule has 0 spiro atoms. The third kappa shape index (κ3) is 3.28. The largest absolute Gasteiger partial charge is 0.493 e. The zero-order valence-electron chi connectivity index (χ0n) is 13.2. The first kappa shape index (κ1) is 16.0. The first-order valence-corrected chi connectivity index (χ1v) is 6.78. The van der Waals surface area contributed by atoms with E-state index in [4.69, 9.17) is 9.47 Å². The summed E-state index contributed by atoms with van der Waals surface area (Å²) in [6.07, 6.45) is 1.77. The number of rotatable bonds is 7. The molecule has 5 heteroatoms. The molecule has 1 N–H and O–H groups in total. The highest BCUT2D eigenvalue weighted by Gasteiger charge is 2.35. The number of nitrogens with one attached hydrogen (secondary N) is 1. The predicted octanol–water partition coefficient (Wildman–Crippen LogP) is 2.55. The number of ether oxygens (including phenoxy) is 2. The van der Waals surface area contributed by atoms with Crippen LogP contribution in [0.2, 0.25) is 0 Å². The van der Waals surface area contributed by atoms with Crippen molar-refractivity contribution < 1.29 is 9.47 Å². The smallest absolute Gasteiger partial charge is 0.161 e. The van der Waals surface area contributed by atoms with Crippen LogP contribution in [-0.2, 0) is 4.74 Å². The summed E-state index contributed by atoms with van der Waals surface area (Å²) in [4.78, 5) is 0. The molecule has 0 saturated carbocycles. The fourth-order valence-corrected chi connectivity index (χ4v) is 2.19. The normalized spacial score (nSPS) is 13.9. The number of hydrogen-bond acceptors (Lipinski definition) is 4. The Labute approximate surface area is 116 Å². The van der Waals surface area contributed by atoms with Crippen LogP contribution in [0.1, 0.15) is 52.4 Å². The molecular formula is C14H27N3O2. The molecule has 1 heterocycles. The van der Waals surface area contributed by atoms with Crippen molar-refractivity contribution in [3.05, 3.63) is 11.9 Å².